The summed E-state index contributed by atoms with van der Waals surface area (Å²) in [5, 5.41) is 2.98. The Kier molecular flexibility index (Phi) is 6.19. The average molecular weight is 381 g/mol. The normalized spacial score (nSPS) is 19.4. The molecule has 1 aromatic carbocycles. The van der Waals surface area contributed by atoms with Crippen molar-refractivity contribution in [2.75, 3.05) is 19.7 Å². The van der Waals surface area contributed by atoms with Crippen LogP contribution >= 0.6 is 0 Å². The molecule has 0 radical (unpaired) electrons. The number of nitrogens with one attached hydrogen (secondary N) is 1. The lowest BCUT2D eigenvalue weighted by Crippen LogP contribution is -2.36. The molecule has 0 bridgehead atoms. The second-order valence-electron chi connectivity index (χ2n) is 7.23. The van der Waals surface area contributed by atoms with Gasteiger partial charge in [-0.05, 0) is 56.4 Å². The van der Waals surface area contributed by atoms with Crippen molar-refractivity contribution in [3.63, 3.8) is 0 Å². The molecule has 2 fully saturated rings. The predicted molar refractivity (Wildman–Crippen MR) is 99.7 cm³/mol. The van der Waals surface area contributed by atoms with Gasteiger partial charge in [0.15, 0.2) is 6.61 Å². The number of sulfonamides is 1. The van der Waals surface area contributed by atoms with Crippen molar-refractivity contribution in [3.8, 4) is 5.75 Å². The molecule has 1 aliphatic heterocycles. The summed E-state index contributed by atoms with van der Waals surface area (Å²) in [6.07, 6.45) is 7.31. The van der Waals surface area contributed by atoms with Gasteiger partial charge in [0.1, 0.15) is 5.75 Å². The Labute approximate surface area is 156 Å². The van der Waals surface area contributed by atoms with E-state index < -0.39 is 10.0 Å². The zero-order valence-electron chi connectivity index (χ0n) is 15.4. The van der Waals surface area contributed by atoms with Crippen molar-refractivity contribution in [1.29, 1.82) is 0 Å². The minimum Gasteiger partial charge on any atom is -0.484 e. The summed E-state index contributed by atoms with van der Waals surface area (Å²) in [6, 6.07) is 5.12. The average Bonchev–Trinajstić information content (AvgIpc) is 3.14. The smallest absolute Gasteiger partial charge is 0.258 e. The first-order valence-corrected chi connectivity index (χ1v) is 10.9. The van der Waals surface area contributed by atoms with Crippen LogP contribution in [0.25, 0.3) is 0 Å². The summed E-state index contributed by atoms with van der Waals surface area (Å²) in [7, 11) is -3.45. The second kappa shape index (κ2) is 8.39. The lowest BCUT2D eigenvalue weighted by molar-refractivity contribution is -0.123. The predicted octanol–water partition coefficient (Wildman–Crippen LogP) is 2.61. The summed E-state index contributed by atoms with van der Waals surface area (Å²) in [5.41, 5.74) is 0.719. The summed E-state index contributed by atoms with van der Waals surface area (Å²) in [5.74, 6) is 0.422. The lowest BCUT2D eigenvalue weighted by Gasteiger charge is -2.26. The number of ether oxygens (including phenoxy) is 1. The standard InChI is InChI=1S/C19H28N2O4S/c1-15-13-17(26(23,24)21-11-5-2-6-12-21)9-10-18(15)25-14-19(22)20-16-7-3-4-8-16/h9-10,13,16H,2-8,11-12,14H2,1H3,(H,20,22). The zero-order valence-corrected chi connectivity index (χ0v) is 16.2. The Hall–Kier alpha value is -1.60. The number of hydrogen-bond acceptors (Lipinski definition) is 4. The molecule has 1 aliphatic carbocycles. The van der Waals surface area contributed by atoms with E-state index in [1.54, 1.807) is 29.4 Å². The molecule has 1 saturated heterocycles. The van der Waals surface area contributed by atoms with Crippen LogP contribution in [0.15, 0.2) is 23.1 Å². The van der Waals surface area contributed by atoms with Gasteiger partial charge < -0.3 is 10.1 Å². The van der Waals surface area contributed by atoms with Crippen LogP contribution in [0.4, 0.5) is 0 Å². The number of nitrogens with zero attached hydrogens (tertiary/aromatic N) is 1. The molecule has 26 heavy (non-hydrogen) atoms. The van der Waals surface area contributed by atoms with Gasteiger partial charge in [-0.3, -0.25) is 4.79 Å². The molecular formula is C19H28N2O4S. The monoisotopic (exact) mass is 380 g/mol. The number of benzene rings is 1. The van der Waals surface area contributed by atoms with Crippen molar-refractivity contribution < 1.29 is 17.9 Å². The van der Waals surface area contributed by atoms with Gasteiger partial charge in [0.2, 0.25) is 10.0 Å². The molecule has 0 aromatic heterocycles. The molecule has 0 atom stereocenters. The van der Waals surface area contributed by atoms with Crippen LogP contribution < -0.4 is 10.1 Å². The van der Waals surface area contributed by atoms with E-state index in [0.29, 0.717) is 23.7 Å². The molecule has 6 nitrogen and oxygen atoms in total. The fraction of sp³-hybridized carbons (Fsp3) is 0.632. The summed E-state index contributed by atoms with van der Waals surface area (Å²) in [6.45, 7) is 2.93. The number of piperidine rings is 1. The van der Waals surface area contributed by atoms with Gasteiger partial charge in [0, 0.05) is 19.1 Å². The quantitative estimate of drug-likeness (QED) is 0.823. The number of rotatable bonds is 6. The highest BCUT2D eigenvalue weighted by molar-refractivity contribution is 7.89. The molecular weight excluding hydrogens is 352 g/mol. The zero-order chi connectivity index (χ0) is 18.6. The Bertz CT molecular complexity index is 736. The SMILES string of the molecule is Cc1cc(S(=O)(=O)N2CCCCC2)ccc1OCC(=O)NC1CCCC1. The maximum Gasteiger partial charge on any atom is 0.258 e. The Morgan fingerprint density at radius 3 is 2.50 bits per heavy atom. The van der Waals surface area contributed by atoms with E-state index in [-0.39, 0.29) is 18.6 Å². The fourth-order valence-corrected chi connectivity index (χ4v) is 5.28. The van der Waals surface area contributed by atoms with Crippen LogP contribution in [0.2, 0.25) is 0 Å². The Morgan fingerprint density at radius 1 is 1.15 bits per heavy atom. The van der Waals surface area contributed by atoms with Crippen molar-refractivity contribution in [2.24, 2.45) is 0 Å². The maximum absolute atomic E-state index is 12.7. The molecule has 1 heterocycles. The van der Waals surface area contributed by atoms with E-state index >= 15 is 0 Å². The van der Waals surface area contributed by atoms with Crippen LogP contribution in [0.1, 0.15) is 50.5 Å². The van der Waals surface area contributed by atoms with E-state index in [1.165, 1.54) is 0 Å². The Balaban J connectivity index is 1.60. The summed E-state index contributed by atoms with van der Waals surface area (Å²) < 4.78 is 32.6. The fourth-order valence-electron chi connectivity index (χ4n) is 3.68. The van der Waals surface area contributed by atoms with Gasteiger partial charge in [-0.1, -0.05) is 19.3 Å². The molecule has 144 valence electrons. The molecule has 0 spiro atoms. The number of carbonyl (C=O) groups excluding carboxylic acids is 1. The van der Waals surface area contributed by atoms with Gasteiger partial charge in [-0.15, -0.1) is 0 Å². The van der Waals surface area contributed by atoms with Gasteiger partial charge in [-0.25, -0.2) is 8.42 Å². The lowest BCUT2D eigenvalue weighted by atomic mass is 10.2. The number of carbonyl (C=O) groups is 1. The number of hydrogen-bond donors (Lipinski definition) is 1. The number of amides is 1. The molecule has 1 aromatic rings. The molecule has 1 saturated carbocycles. The van der Waals surface area contributed by atoms with E-state index in [4.69, 9.17) is 4.74 Å². The summed E-state index contributed by atoms with van der Waals surface area (Å²) >= 11 is 0. The third-order valence-electron chi connectivity index (χ3n) is 5.18. The van der Waals surface area contributed by atoms with Crippen LogP contribution in [0.5, 0.6) is 5.75 Å². The summed E-state index contributed by atoms with van der Waals surface area (Å²) in [4.78, 5) is 12.3. The highest BCUT2D eigenvalue weighted by Gasteiger charge is 2.26. The van der Waals surface area contributed by atoms with Crippen LogP contribution in [0.3, 0.4) is 0 Å². The minimum absolute atomic E-state index is 0.0461. The van der Waals surface area contributed by atoms with Crippen molar-refractivity contribution in [1.82, 2.24) is 9.62 Å². The van der Waals surface area contributed by atoms with E-state index in [0.717, 1.165) is 50.5 Å². The molecule has 1 N–H and O–H groups in total. The first-order valence-electron chi connectivity index (χ1n) is 9.50. The van der Waals surface area contributed by atoms with E-state index in [1.807, 2.05) is 0 Å². The highest BCUT2D eigenvalue weighted by Crippen LogP contribution is 2.26. The largest absolute Gasteiger partial charge is 0.484 e. The van der Waals surface area contributed by atoms with Gasteiger partial charge in [0.05, 0.1) is 4.90 Å². The molecule has 0 unspecified atom stereocenters. The van der Waals surface area contributed by atoms with Gasteiger partial charge in [0.25, 0.3) is 5.91 Å². The van der Waals surface area contributed by atoms with Gasteiger partial charge in [-0.2, -0.15) is 4.31 Å². The Morgan fingerprint density at radius 2 is 1.85 bits per heavy atom. The third kappa shape index (κ3) is 4.57. The van der Waals surface area contributed by atoms with Crippen LogP contribution in [-0.2, 0) is 14.8 Å². The first kappa shape index (κ1) is 19.2. The van der Waals surface area contributed by atoms with Crippen LogP contribution in [0, 0.1) is 6.92 Å². The van der Waals surface area contributed by atoms with E-state index in [2.05, 4.69) is 5.32 Å². The van der Waals surface area contributed by atoms with Gasteiger partial charge >= 0.3 is 0 Å². The first-order chi connectivity index (χ1) is 12.5. The minimum atomic E-state index is -3.45. The topological polar surface area (TPSA) is 75.7 Å². The molecule has 1 amide bonds. The third-order valence-corrected chi connectivity index (χ3v) is 7.07. The van der Waals surface area contributed by atoms with Crippen molar-refractivity contribution >= 4 is 15.9 Å². The molecule has 3 rings (SSSR count). The number of aryl methyl sites for hydroxylation is 1. The highest BCUT2D eigenvalue weighted by atomic mass is 32.2. The molecule has 7 heteroatoms. The van der Waals surface area contributed by atoms with E-state index in [9.17, 15) is 13.2 Å². The second-order valence-corrected chi connectivity index (χ2v) is 9.17. The van der Waals surface area contributed by atoms with Crippen LogP contribution in [-0.4, -0.2) is 44.4 Å². The maximum atomic E-state index is 12.7. The van der Waals surface area contributed by atoms with Crippen molar-refractivity contribution in [3.05, 3.63) is 23.8 Å². The van der Waals surface area contributed by atoms with Crippen molar-refractivity contribution in [2.45, 2.75) is 62.8 Å². The molecule has 2 aliphatic rings.